The number of carbonyl (C=O) groups is 2. The lowest BCUT2D eigenvalue weighted by Gasteiger charge is -2.39. The molecule has 1 unspecified atom stereocenters. The molecule has 1 aliphatic carbocycles. The second kappa shape index (κ2) is 15.7. The van der Waals surface area contributed by atoms with Gasteiger partial charge in [0, 0.05) is 78.0 Å². The molecule has 4 aliphatic rings. The molecule has 0 spiro atoms. The lowest BCUT2D eigenvalue weighted by atomic mass is 9.76. The van der Waals surface area contributed by atoms with Gasteiger partial charge in [0.15, 0.2) is 5.60 Å². The summed E-state index contributed by atoms with van der Waals surface area (Å²) in [5.41, 5.74) is 9.42. The van der Waals surface area contributed by atoms with Crippen molar-refractivity contribution in [2.75, 3.05) is 82.5 Å². The molecule has 0 radical (unpaired) electrons. The first-order valence-corrected chi connectivity index (χ1v) is 20.9. The van der Waals surface area contributed by atoms with Gasteiger partial charge < -0.3 is 39.0 Å². The smallest absolute Gasteiger partial charge is 0.333 e. The number of benzene rings is 5. The van der Waals surface area contributed by atoms with Crippen molar-refractivity contribution in [3.63, 3.8) is 0 Å². The van der Waals surface area contributed by atoms with E-state index in [4.69, 9.17) is 18.9 Å². The number of methoxy groups -OCH3 is 1. The molecule has 9 rings (SSSR count). The van der Waals surface area contributed by atoms with E-state index in [1.165, 1.54) is 27.9 Å². The summed E-state index contributed by atoms with van der Waals surface area (Å²) in [5, 5.41) is 4.96. The monoisotopic (exact) mass is 804 g/mol. The number of nitrogens with one attached hydrogen (secondary N) is 1. The number of carbonyl (C=O) groups excluding carboxylic acids is 2. The average molecular weight is 805 g/mol. The van der Waals surface area contributed by atoms with Gasteiger partial charge in [-0.1, -0.05) is 93.2 Å². The molecule has 5 aromatic carbocycles. The van der Waals surface area contributed by atoms with Crippen LogP contribution in [0.5, 0.6) is 11.5 Å². The van der Waals surface area contributed by atoms with Gasteiger partial charge in [-0.05, 0) is 64.9 Å². The Kier molecular flexibility index (Phi) is 10.3. The molecule has 308 valence electrons. The molecular weight excluding hydrogens is 753 g/mol. The van der Waals surface area contributed by atoms with Gasteiger partial charge in [-0.15, -0.1) is 0 Å². The van der Waals surface area contributed by atoms with E-state index in [0.29, 0.717) is 31.8 Å². The molecule has 3 heterocycles. The number of hydrogen-bond acceptors (Lipinski definition) is 8. The van der Waals surface area contributed by atoms with E-state index < -0.39 is 11.6 Å². The van der Waals surface area contributed by atoms with E-state index in [0.717, 1.165) is 71.0 Å². The van der Waals surface area contributed by atoms with Gasteiger partial charge in [0.2, 0.25) is 0 Å². The predicted molar refractivity (Wildman–Crippen MR) is 237 cm³/mol. The second-order valence-corrected chi connectivity index (χ2v) is 16.5. The fourth-order valence-corrected chi connectivity index (χ4v) is 9.47. The van der Waals surface area contributed by atoms with Crippen molar-refractivity contribution in [2.45, 2.75) is 31.8 Å². The number of esters is 1. The molecule has 0 aromatic heterocycles. The SMILES string of the molecule is C=C(C)C(=O)OCCNC(=O)N1CCN(c2cc3c4c(c5c(c3cc2OC)OC(c2ccccc2)(c2ccc(N3CCOCC3)cc2)C=C5)C(C)(C)c2ccccc2-4)CC1. The maximum absolute atomic E-state index is 13.1. The Morgan fingerprint density at radius 3 is 2.25 bits per heavy atom. The number of piperazine rings is 1. The molecule has 2 fully saturated rings. The molecular formula is C50H52N4O6. The van der Waals surface area contributed by atoms with Crippen LogP contribution in [0.2, 0.25) is 0 Å². The summed E-state index contributed by atoms with van der Waals surface area (Å²) in [5.74, 6) is 1.10. The zero-order valence-corrected chi connectivity index (χ0v) is 34.9. The Morgan fingerprint density at radius 2 is 1.53 bits per heavy atom. The second-order valence-electron chi connectivity index (χ2n) is 16.5. The number of anilines is 2. The summed E-state index contributed by atoms with van der Waals surface area (Å²) in [6.07, 6.45) is 4.54. The lowest BCUT2D eigenvalue weighted by Crippen LogP contribution is -2.52. The predicted octanol–water partition coefficient (Wildman–Crippen LogP) is 8.29. The summed E-state index contributed by atoms with van der Waals surface area (Å²) in [6.45, 7) is 15.6. The van der Waals surface area contributed by atoms with E-state index in [9.17, 15) is 9.59 Å². The number of rotatable bonds is 9. The quantitative estimate of drug-likeness (QED) is 0.0905. The normalized spacial score (nSPS) is 18.9. The van der Waals surface area contributed by atoms with Gasteiger partial charge in [0.25, 0.3) is 0 Å². The van der Waals surface area contributed by atoms with E-state index in [2.05, 4.69) is 133 Å². The summed E-state index contributed by atoms with van der Waals surface area (Å²) >= 11 is 0. The number of amides is 2. The van der Waals surface area contributed by atoms with E-state index in [1.807, 2.05) is 6.07 Å². The van der Waals surface area contributed by atoms with Crippen molar-refractivity contribution < 1.29 is 28.5 Å². The van der Waals surface area contributed by atoms with Crippen molar-refractivity contribution in [3.8, 4) is 22.6 Å². The van der Waals surface area contributed by atoms with Crippen molar-refractivity contribution >= 4 is 40.2 Å². The third-order valence-electron chi connectivity index (χ3n) is 12.6. The molecule has 2 amide bonds. The minimum atomic E-state index is -0.899. The highest BCUT2D eigenvalue weighted by molar-refractivity contribution is 6.10. The molecule has 3 aliphatic heterocycles. The van der Waals surface area contributed by atoms with Crippen LogP contribution in [0, 0.1) is 0 Å². The zero-order valence-electron chi connectivity index (χ0n) is 34.9. The van der Waals surface area contributed by atoms with Crippen molar-refractivity contribution in [1.29, 1.82) is 0 Å². The Hall–Kier alpha value is -6.26. The maximum atomic E-state index is 13.1. The Bertz CT molecular complexity index is 2500. The van der Waals surface area contributed by atoms with Crippen LogP contribution in [0.4, 0.5) is 16.2 Å². The van der Waals surface area contributed by atoms with Crippen molar-refractivity contribution in [1.82, 2.24) is 10.2 Å². The molecule has 1 atom stereocenters. The van der Waals surface area contributed by atoms with Gasteiger partial charge in [-0.2, -0.15) is 0 Å². The van der Waals surface area contributed by atoms with Crippen LogP contribution < -0.4 is 24.6 Å². The van der Waals surface area contributed by atoms with Crippen LogP contribution in [0.3, 0.4) is 0 Å². The van der Waals surface area contributed by atoms with Crippen molar-refractivity contribution in [3.05, 3.63) is 137 Å². The maximum Gasteiger partial charge on any atom is 0.333 e. The molecule has 5 aromatic rings. The van der Waals surface area contributed by atoms with E-state index in [1.54, 1.807) is 18.9 Å². The molecule has 10 nitrogen and oxygen atoms in total. The first-order valence-electron chi connectivity index (χ1n) is 20.9. The molecule has 10 heteroatoms. The Balaban J connectivity index is 1.12. The highest BCUT2D eigenvalue weighted by Crippen LogP contribution is 2.59. The van der Waals surface area contributed by atoms with Gasteiger partial charge >= 0.3 is 12.0 Å². The third kappa shape index (κ3) is 6.72. The highest BCUT2D eigenvalue weighted by Gasteiger charge is 2.44. The number of morpholine rings is 1. The lowest BCUT2D eigenvalue weighted by molar-refractivity contribution is -0.138. The highest BCUT2D eigenvalue weighted by atomic mass is 16.5. The van der Waals surface area contributed by atoms with Crippen LogP contribution in [-0.4, -0.2) is 89.6 Å². The third-order valence-corrected chi connectivity index (χ3v) is 12.6. The zero-order chi connectivity index (χ0) is 41.6. The first-order chi connectivity index (χ1) is 29.1. The summed E-state index contributed by atoms with van der Waals surface area (Å²) in [6, 6.07) is 32.3. The van der Waals surface area contributed by atoms with Crippen LogP contribution in [-0.2, 0) is 25.3 Å². The number of ether oxygens (including phenoxy) is 4. The first kappa shape index (κ1) is 39.2. The van der Waals surface area contributed by atoms with E-state index >= 15 is 0 Å². The molecule has 0 saturated carbocycles. The number of urea groups is 1. The average Bonchev–Trinajstić information content (AvgIpc) is 3.54. The Morgan fingerprint density at radius 1 is 0.833 bits per heavy atom. The minimum Gasteiger partial charge on any atom is -0.495 e. The van der Waals surface area contributed by atoms with E-state index in [-0.39, 0.29) is 24.6 Å². The standard InChI is InChI=1S/C50H52N4O6/c1-33(2)47(55)59-28-21-51-48(56)54-24-22-53(23-25-54)42-31-39-40(32-43(42)57-5)46-38(45-44(39)37-13-9-10-14-41(37)49(45,3)4)19-20-50(60-46,34-11-7-6-8-12-34)35-15-17-36(18-16-35)52-26-29-58-30-27-52/h6-20,31-32H,1,21-30H2,2-5H3,(H,51,56). The van der Waals surface area contributed by atoms with Crippen LogP contribution in [0.25, 0.3) is 28.0 Å². The molecule has 0 bridgehead atoms. The fourth-order valence-electron chi connectivity index (χ4n) is 9.47. The fraction of sp³-hybridized carbons (Fsp3) is 0.320. The van der Waals surface area contributed by atoms with Gasteiger partial charge in [0.05, 0.1) is 32.6 Å². The number of hydrogen-bond donors (Lipinski definition) is 1. The largest absolute Gasteiger partial charge is 0.495 e. The van der Waals surface area contributed by atoms with Gasteiger partial charge in [0.1, 0.15) is 18.1 Å². The summed E-state index contributed by atoms with van der Waals surface area (Å²) in [7, 11) is 1.72. The summed E-state index contributed by atoms with van der Waals surface area (Å²) < 4.78 is 24.6. The summed E-state index contributed by atoms with van der Waals surface area (Å²) in [4.78, 5) is 31.3. The molecule has 1 N–H and O–H groups in total. The van der Waals surface area contributed by atoms with Crippen LogP contribution in [0.15, 0.2) is 109 Å². The molecule has 2 saturated heterocycles. The number of nitrogens with zero attached hydrogens (tertiary/aromatic N) is 3. The topological polar surface area (TPSA) is 92.8 Å². The van der Waals surface area contributed by atoms with Crippen LogP contribution >= 0.6 is 0 Å². The van der Waals surface area contributed by atoms with Crippen LogP contribution in [0.1, 0.15) is 48.6 Å². The molecule has 60 heavy (non-hydrogen) atoms. The van der Waals surface area contributed by atoms with Gasteiger partial charge in [-0.25, -0.2) is 9.59 Å². The minimum absolute atomic E-state index is 0.0901. The van der Waals surface area contributed by atoms with Gasteiger partial charge in [-0.3, -0.25) is 0 Å². The Labute approximate surface area is 352 Å². The number of fused-ring (bicyclic) bond motifs is 8. The van der Waals surface area contributed by atoms with Crippen molar-refractivity contribution in [2.24, 2.45) is 0 Å².